The summed E-state index contributed by atoms with van der Waals surface area (Å²) in [6, 6.07) is 18.0. The molecule has 0 atom stereocenters. The van der Waals surface area contributed by atoms with Crippen molar-refractivity contribution >= 4 is 17.4 Å². The number of anilines is 1. The predicted octanol–water partition coefficient (Wildman–Crippen LogP) is 5.49. The van der Waals surface area contributed by atoms with Crippen LogP contribution in [0, 0.1) is 27.7 Å². The van der Waals surface area contributed by atoms with Crippen LogP contribution < -0.4 is 5.32 Å². The molecule has 0 bridgehead atoms. The molecule has 28 heavy (non-hydrogen) atoms. The number of imidazole rings is 1. The van der Waals surface area contributed by atoms with Gasteiger partial charge in [0.2, 0.25) is 0 Å². The molecule has 0 radical (unpaired) electrons. The second-order valence-corrected chi connectivity index (χ2v) is 7.39. The van der Waals surface area contributed by atoms with Crippen molar-refractivity contribution in [3.8, 4) is 11.3 Å². The summed E-state index contributed by atoms with van der Waals surface area (Å²) in [5.41, 5.74) is 7.65. The maximum atomic E-state index is 13.0. The van der Waals surface area contributed by atoms with Crippen molar-refractivity contribution in [3.63, 3.8) is 0 Å². The molecule has 2 aromatic carbocycles. The average Bonchev–Trinajstić information content (AvgIpc) is 2.98. The number of benzene rings is 2. The van der Waals surface area contributed by atoms with Crippen molar-refractivity contribution in [2.75, 3.05) is 5.32 Å². The van der Waals surface area contributed by atoms with Crippen molar-refractivity contribution in [2.24, 2.45) is 0 Å². The number of hydrogen-bond acceptors (Lipinski definition) is 2. The van der Waals surface area contributed by atoms with E-state index in [-0.39, 0.29) is 5.91 Å². The Kier molecular flexibility index (Phi) is 4.47. The van der Waals surface area contributed by atoms with E-state index in [0.29, 0.717) is 11.4 Å². The number of nitrogens with zero attached hydrogens (tertiary/aromatic N) is 2. The van der Waals surface area contributed by atoms with Gasteiger partial charge in [-0.3, -0.25) is 9.20 Å². The molecule has 0 fully saturated rings. The largest absolute Gasteiger partial charge is 0.306 e. The van der Waals surface area contributed by atoms with Crippen molar-refractivity contribution in [1.29, 1.82) is 0 Å². The van der Waals surface area contributed by atoms with Gasteiger partial charge in [0.05, 0.1) is 0 Å². The second kappa shape index (κ2) is 6.97. The van der Waals surface area contributed by atoms with Gasteiger partial charge in [0.25, 0.3) is 5.91 Å². The smallest absolute Gasteiger partial charge is 0.257 e. The Morgan fingerprint density at radius 2 is 1.61 bits per heavy atom. The number of amides is 1. The Balaban J connectivity index is 1.88. The highest BCUT2D eigenvalue weighted by atomic mass is 16.1. The quantitative estimate of drug-likeness (QED) is 0.519. The lowest BCUT2D eigenvalue weighted by Crippen LogP contribution is -2.15. The van der Waals surface area contributed by atoms with Gasteiger partial charge in [0.15, 0.2) is 0 Å². The molecule has 4 nitrogen and oxygen atoms in total. The lowest BCUT2D eigenvalue weighted by atomic mass is 10.0. The van der Waals surface area contributed by atoms with E-state index in [0.717, 1.165) is 28.0 Å². The fourth-order valence-electron chi connectivity index (χ4n) is 3.58. The van der Waals surface area contributed by atoms with Gasteiger partial charge in [0, 0.05) is 17.3 Å². The van der Waals surface area contributed by atoms with Crippen molar-refractivity contribution in [2.45, 2.75) is 27.7 Å². The molecule has 0 saturated carbocycles. The molecule has 0 aliphatic heterocycles. The summed E-state index contributed by atoms with van der Waals surface area (Å²) in [6.45, 7) is 8.12. The minimum absolute atomic E-state index is 0.133. The Bertz CT molecular complexity index is 1180. The Hall–Kier alpha value is -3.40. The van der Waals surface area contributed by atoms with Crippen LogP contribution in [-0.4, -0.2) is 15.3 Å². The van der Waals surface area contributed by atoms with E-state index >= 15 is 0 Å². The highest BCUT2D eigenvalue weighted by Gasteiger charge is 2.18. The van der Waals surface area contributed by atoms with Crippen molar-refractivity contribution < 1.29 is 4.79 Å². The molecule has 1 N–H and O–H groups in total. The highest BCUT2D eigenvalue weighted by molar-refractivity contribution is 6.06. The van der Waals surface area contributed by atoms with Crippen LogP contribution in [0.5, 0.6) is 0 Å². The van der Waals surface area contributed by atoms with E-state index in [9.17, 15) is 4.79 Å². The summed E-state index contributed by atoms with van der Waals surface area (Å²) in [5.74, 6) is 0.555. The lowest BCUT2D eigenvalue weighted by Gasteiger charge is -2.10. The Morgan fingerprint density at radius 3 is 2.32 bits per heavy atom. The van der Waals surface area contributed by atoms with Crippen molar-refractivity contribution in [1.82, 2.24) is 9.38 Å². The van der Waals surface area contributed by atoms with Gasteiger partial charge in [-0.05, 0) is 69.2 Å². The van der Waals surface area contributed by atoms with Crippen LogP contribution >= 0.6 is 0 Å². The van der Waals surface area contributed by atoms with Crippen LogP contribution in [0.3, 0.4) is 0 Å². The summed E-state index contributed by atoms with van der Waals surface area (Å²) in [5, 5.41) is 3.11. The third-order valence-electron chi connectivity index (χ3n) is 4.90. The van der Waals surface area contributed by atoms with Crippen LogP contribution in [-0.2, 0) is 0 Å². The minimum atomic E-state index is -0.133. The summed E-state index contributed by atoms with van der Waals surface area (Å²) >= 11 is 0. The van der Waals surface area contributed by atoms with E-state index in [1.165, 1.54) is 11.1 Å². The first-order valence-corrected chi connectivity index (χ1v) is 9.37. The number of rotatable bonds is 3. The number of hydrogen-bond donors (Lipinski definition) is 1. The van der Waals surface area contributed by atoms with E-state index in [1.807, 2.05) is 60.8 Å². The van der Waals surface area contributed by atoms with Gasteiger partial charge < -0.3 is 5.32 Å². The predicted molar refractivity (Wildman–Crippen MR) is 114 cm³/mol. The van der Waals surface area contributed by atoms with Crippen LogP contribution in [0.2, 0.25) is 0 Å². The molecule has 0 spiro atoms. The molecule has 4 aromatic rings. The summed E-state index contributed by atoms with van der Waals surface area (Å²) in [6.07, 6.45) is 1.96. The zero-order valence-electron chi connectivity index (χ0n) is 16.6. The molecule has 4 heteroatoms. The van der Waals surface area contributed by atoms with E-state index in [4.69, 9.17) is 4.98 Å². The van der Waals surface area contributed by atoms with Gasteiger partial charge >= 0.3 is 0 Å². The van der Waals surface area contributed by atoms with Crippen LogP contribution in [0.25, 0.3) is 16.9 Å². The van der Waals surface area contributed by atoms with E-state index < -0.39 is 0 Å². The molecule has 0 saturated heterocycles. The van der Waals surface area contributed by atoms with Crippen LogP contribution in [0.1, 0.15) is 32.6 Å². The van der Waals surface area contributed by atoms with Gasteiger partial charge in [-0.15, -0.1) is 0 Å². The molecule has 2 aromatic heterocycles. The molecule has 0 aliphatic rings. The average molecular weight is 369 g/mol. The van der Waals surface area contributed by atoms with Crippen molar-refractivity contribution in [3.05, 3.63) is 88.6 Å². The molecule has 140 valence electrons. The van der Waals surface area contributed by atoms with E-state index in [1.54, 1.807) is 0 Å². The third-order valence-corrected chi connectivity index (χ3v) is 4.90. The topological polar surface area (TPSA) is 46.4 Å². The number of fused-ring (bicyclic) bond motifs is 1. The van der Waals surface area contributed by atoms with E-state index in [2.05, 4.69) is 37.4 Å². The monoisotopic (exact) mass is 369 g/mol. The second-order valence-electron chi connectivity index (χ2n) is 7.39. The van der Waals surface area contributed by atoms with Crippen LogP contribution in [0.4, 0.5) is 5.82 Å². The SMILES string of the molecule is Cc1cc(C)cc(-c2nc3cc(C)ccn3c2NC(=O)c2ccccc2C)c1. The normalized spacial score (nSPS) is 11.0. The van der Waals surface area contributed by atoms with Gasteiger partial charge in [-0.25, -0.2) is 4.98 Å². The first kappa shape index (κ1) is 18.0. The standard InChI is InChI=1S/C24H23N3O/c1-15-9-10-27-21(14-15)25-22(19-12-16(2)11-17(3)13-19)23(27)26-24(28)20-8-6-5-7-18(20)4/h5-14H,1-4H3,(H,26,28). The fourth-order valence-corrected chi connectivity index (χ4v) is 3.58. The Labute approximate surface area is 164 Å². The van der Waals surface area contributed by atoms with Gasteiger partial charge in [-0.2, -0.15) is 0 Å². The summed E-state index contributed by atoms with van der Waals surface area (Å²) < 4.78 is 1.94. The maximum Gasteiger partial charge on any atom is 0.257 e. The Morgan fingerprint density at radius 1 is 0.893 bits per heavy atom. The number of nitrogens with one attached hydrogen (secondary N) is 1. The first-order chi connectivity index (χ1) is 13.4. The number of carbonyl (C=O) groups excluding carboxylic acids is 1. The zero-order valence-corrected chi connectivity index (χ0v) is 16.6. The number of carbonyl (C=O) groups is 1. The highest BCUT2D eigenvalue weighted by Crippen LogP contribution is 2.31. The summed E-state index contributed by atoms with van der Waals surface area (Å²) in [7, 11) is 0. The van der Waals surface area contributed by atoms with Gasteiger partial charge in [-0.1, -0.05) is 35.4 Å². The third kappa shape index (κ3) is 3.29. The molecular formula is C24H23N3O. The molecule has 1 amide bonds. The number of pyridine rings is 1. The fraction of sp³-hybridized carbons (Fsp3) is 0.167. The maximum absolute atomic E-state index is 13.0. The molecule has 0 aliphatic carbocycles. The lowest BCUT2D eigenvalue weighted by molar-refractivity contribution is 0.102. The number of aryl methyl sites for hydroxylation is 4. The summed E-state index contributed by atoms with van der Waals surface area (Å²) in [4.78, 5) is 17.9. The number of aromatic nitrogens is 2. The van der Waals surface area contributed by atoms with Gasteiger partial charge in [0.1, 0.15) is 17.2 Å². The van der Waals surface area contributed by atoms with Crippen LogP contribution in [0.15, 0.2) is 60.8 Å². The zero-order chi connectivity index (χ0) is 19.8. The molecule has 4 rings (SSSR count). The first-order valence-electron chi connectivity index (χ1n) is 9.37. The minimum Gasteiger partial charge on any atom is -0.306 e. The molecule has 0 unspecified atom stereocenters. The molecule has 2 heterocycles. The molecular weight excluding hydrogens is 346 g/mol.